The third-order valence-corrected chi connectivity index (χ3v) is 6.98. The molecule has 2 unspecified atom stereocenters. The molecule has 0 N–H and O–H groups in total. The maximum atomic E-state index is 11.4. The number of esters is 2. The number of alkyl halides is 2. The van der Waals surface area contributed by atoms with Crippen LogP contribution in [0.1, 0.15) is 136 Å². The molecular weight excluding hydrogens is 459 g/mol. The fraction of sp³-hybridized carbons (Fsp3) is 0.926. The number of carbonyl (C=O) groups is 2. The summed E-state index contributed by atoms with van der Waals surface area (Å²) < 4.78 is 10.3. The highest BCUT2D eigenvalue weighted by Crippen LogP contribution is 2.14. The normalized spacial score (nSPS) is 13.0. The second kappa shape index (κ2) is 24.6. The summed E-state index contributed by atoms with van der Waals surface area (Å²) in [6.45, 7) is 4.79. The average Bonchev–Trinajstić information content (AvgIpc) is 2.83. The standard InChI is InChI=1S/C27H50Cl2O4/c1-3-24(28)26(30)32-22-20-18-16-14-12-10-8-6-5-7-9-11-13-15-17-19-21-23-33-27(31)25(29)4-2/h24-25H,3-23H2,1-2H3. The van der Waals surface area contributed by atoms with E-state index < -0.39 is 10.8 Å². The van der Waals surface area contributed by atoms with E-state index in [-0.39, 0.29) is 11.9 Å². The Labute approximate surface area is 213 Å². The van der Waals surface area contributed by atoms with E-state index in [1.54, 1.807) is 0 Å². The van der Waals surface area contributed by atoms with Gasteiger partial charge in [-0.25, -0.2) is 0 Å². The zero-order valence-electron chi connectivity index (χ0n) is 21.4. The summed E-state index contributed by atoms with van der Waals surface area (Å²) in [5.41, 5.74) is 0. The minimum Gasteiger partial charge on any atom is -0.465 e. The molecule has 0 aromatic carbocycles. The fourth-order valence-corrected chi connectivity index (χ4v) is 3.84. The lowest BCUT2D eigenvalue weighted by atomic mass is 10.0. The number of hydrogen-bond donors (Lipinski definition) is 0. The van der Waals surface area contributed by atoms with Gasteiger partial charge in [0.2, 0.25) is 0 Å². The Morgan fingerprint density at radius 1 is 0.485 bits per heavy atom. The number of ether oxygens (including phenoxy) is 2. The molecule has 6 heteroatoms. The van der Waals surface area contributed by atoms with Gasteiger partial charge in [-0.1, -0.05) is 110 Å². The van der Waals surface area contributed by atoms with E-state index in [9.17, 15) is 9.59 Å². The van der Waals surface area contributed by atoms with Gasteiger partial charge in [-0.2, -0.15) is 0 Å². The Morgan fingerprint density at radius 3 is 0.909 bits per heavy atom. The Bertz CT molecular complexity index is 419. The molecule has 0 amide bonds. The third-order valence-electron chi connectivity index (χ3n) is 6.01. The van der Waals surface area contributed by atoms with Crippen LogP contribution in [-0.4, -0.2) is 35.9 Å². The Morgan fingerprint density at radius 2 is 0.697 bits per heavy atom. The maximum absolute atomic E-state index is 11.4. The van der Waals surface area contributed by atoms with Gasteiger partial charge < -0.3 is 9.47 Å². The van der Waals surface area contributed by atoms with Crippen LogP contribution in [0.4, 0.5) is 0 Å². The van der Waals surface area contributed by atoms with Gasteiger partial charge in [-0.3, -0.25) is 9.59 Å². The van der Waals surface area contributed by atoms with Crippen LogP contribution in [0.2, 0.25) is 0 Å². The predicted octanol–water partition coefficient (Wildman–Crippen LogP) is 8.74. The molecule has 0 spiro atoms. The number of rotatable bonds is 24. The summed E-state index contributed by atoms with van der Waals surface area (Å²) >= 11 is 11.7. The number of halogens is 2. The van der Waals surface area contributed by atoms with Crippen molar-refractivity contribution in [2.24, 2.45) is 0 Å². The van der Waals surface area contributed by atoms with Crippen LogP contribution in [-0.2, 0) is 19.1 Å². The summed E-state index contributed by atoms with van der Waals surface area (Å²) in [6.07, 6.45) is 22.6. The lowest BCUT2D eigenvalue weighted by molar-refractivity contribution is -0.144. The van der Waals surface area contributed by atoms with Crippen molar-refractivity contribution >= 4 is 35.1 Å². The van der Waals surface area contributed by atoms with Crippen LogP contribution in [0.15, 0.2) is 0 Å². The van der Waals surface area contributed by atoms with Crippen molar-refractivity contribution < 1.29 is 19.1 Å². The van der Waals surface area contributed by atoms with Gasteiger partial charge in [0.05, 0.1) is 13.2 Å². The first-order valence-electron chi connectivity index (χ1n) is 13.6. The Kier molecular flexibility index (Phi) is 24.3. The summed E-state index contributed by atoms with van der Waals surface area (Å²) in [7, 11) is 0. The van der Waals surface area contributed by atoms with E-state index in [1.165, 1.54) is 83.5 Å². The van der Waals surface area contributed by atoms with Gasteiger partial charge in [-0.05, 0) is 25.7 Å². The molecule has 0 saturated heterocycles. The van der Waals surface area contributed by atoms with Gasteiger partial charge in [0.25, 0.3) is 0 Å². The average molecular weight is 510 g/mol. The zero-order valence-corrected chi connectivity index (χ0v) is 22.9. The molecule has 196 valence electrons. The smallest absolute Gasteiger partial charge is 0.324 e. The third kappa shape index (κ3) is 21.8. The summed E-state index contributed by atoms with van der Waals surface area (Å²) in [5.74, 6) is -0.548. The van der Waals surface area contributed by atoms with E-state index in [1.807, 2.05) is 13.8 Å². The molecule has 0 rings (SSSR count). The van der Waals surface area contributed by atoms with Gasteiger partial charge in [0.15, 0.2) is 0 Å². The van der Waals surface area contributed by atoms with Crippen LogP contribution in [0.3, 0.4) is 0 Å². The fourth-order valence-electron chi connectivity index (χ4n) is 3.72. The van der Waals surface area contributed by atoms with Crippen LogP contribution in [0.5, 0.6) is 0 Å². The minimum atomic E-state index is -0.489. The summed E-state index contributed by atoms with van der Waals surface area (Å²) in [4.78, 5) is 22.9. The molecule has 0 aliphatic carbocycles. The molecule has 4 nitrogen and oxygen atoms in total. The minimum absolute atomic E-state index is 0.274. The first-order valence-corrected chi connectivity index (χ1v) is 14.5. The highest BCUT2D eigenvalue weighted by atomic mass is 35.5. The highest BCUT2D eigenvalue weighted by molar-refractivity contribution is 6.30. The molecule has 0 aromatic rings. The number of hydrogen-bond acceptors (Lipinski definition) is 4. The largest absolute Gasteiger partial charge is 0.465 e. The lowest BCUT2D eigenvalue weighted by Gasteiger charge is -2.07. The van der Waals surface area contributed by atoms with Gasteiger partial charge >= 0.3 is 11.9 Å². The molecule has 0 fully saturated rings. The topological polar surface area (TPSA) is 52.6 Å². The van der Waals surface area contributed by atoms with E-state index in [0.717, 1.165) is 25.7 Å². The van der Waals surface area contributed by atoms with Crippen molar-refractivity contribution in [3.8, 4) is 0 Å². The number of carbonyl (C=O) groups excluding carboxylic acids is 2. The lowest BCUT2D eigenvalue weighted by Crippen LogP contribution is -2.17. The van der Waals surface area contributed by atoms with E-state index in [4.69, 9.17) is 32.7 Å². The molecular formula is C27H50Cl2O4. The van der Waals surface area contributed by atoms with E-state index >= 15 is 0 Å². The first-order chi connectivity index (χ1) is 16.0. The molecule has 0 saturated carbocycles. The second-order valence-corrected chi connectivity index (χ2v) is 10.2. The van der Waals surface area contributed by atoms with Crippen molar-refractivity contribution in [2.45, 2.75) is 147 Å². The van der Waals surface area contributed by atoms with Crippen LogP contribution in [0, 0.1) is 0 Å². The van der Waals surface area contributed by atoms with Crippen molar-refractivity contribution in [1.29, 1.82) is 0 Å². The quantitative estimate of drug-likeness (QED) is 0.0741. The van der Waals surface area contributed by atoms with Crippen molar-refractivity contribution in [2.75, 3.05) is 13.2 Å². The van der Waals surface area contributed by atoms with E-state index in [2.05, 4.69) is 0 Å². The number of unbranched alkanes of at least 4 members (excludes halogenated alkanes) is 16. The second-order valence-electron chi connectivity index (χ2n) is 9.10. The van der Waals surface area contributed by atoms with Crippen LogP contribution in [0.25, 0.3) is 0 Å². The Balaban J connectivity index is 3.16. The van der Waals surface area contributed by atoms with E-state index in [0.29, 0.717) is 26.1 Å². The maximum Gasteiger partial charge on any atom is 0.324 e. The van der Waals surface area contributed by atoms with Crippen molar-refractivity contribution in [3.63, 3.8) is 0 Å². The van der Waals surface area contributed by atoms with Gasteiger partial charge in [-0.15, -0.1) is 23.2 Å². The molecule has 0 aliphatic heterocycles. The molecule has 33 heavy (non-hydrogen) atoms. The predicted molar refractivity (Wildman–Crippen MR) is 140 cm³/mol. The molecule has 0 heterocycles. The zero-order chi connectivity index (χ0) is 24.6. The van der Waals surface area contributed by atoms with Crippen LogP contribution < -0.4 is 0 Å². The monoisotopic (exact) mass is 508 g/mol. The summed E-state index contributed by atoms with van der Waals surface area (Å²) in [6, 6.07) is 0. The van der Waals surface area contributed by atoms with Crippen LogP contribution >= 0.6 is 23.2 Å². The molecule has 0 aliphatic rings. The molecule has 0 aromatic heterocycles. The van der Waals surface area contributed by atoms with Gasteiger partial charge in [0.1, 0.15) is 10.8 Å². The van der Waals surface area contributed by atoms with Crippen molar-refractivity contribution in [1.82, 2.24) is 0 Å². The Hall–Kier alpha value is -0.480. The first kappa shape index (κ1) is 32.5. The van der Waals surface area contributed by atoms with Crippen molar-refractivity contribution in [3.05, 3.63) is 0 Å². The molecule has 0 bridgehead atoms. The molecule has 0 radical (unpaired) electrons. The highest BCUT2D eigenvalue weighted by Gasteiger charge is 2.14. The molecule has 2 atom stereocenters. The SMILES string of the molecule is CCC(Cl)C(=O)OCCCCCCCCCCCCCCCCCCCOC(=O)C(Cl)CC. The van der Waals surface area contributed by atoms with Gasteiger partial charge in [0, 0.05) is 0 Å². The summed E-state index contributed by atoms with van der Waals surface area (Å²) in [5, 5.41) is -0.979.